The van der Waals surface area contributed by atoms with Crippen molar-refractivity contribution in [2.24, 2.45) is 0 Å². The summed E-state index contributed by atoms with van der Waals surface area (Å²) in [5.74, 6) is 0. The molecule has 0 aliphatic rings. The number of rotatable bonds is 1. The van der Waals surface area contributed by atoms with Crippen molar-refractivity contribution in [1.29, 1.82) is 0 Å². The molecule has 0 fully saturated rings. The van der Waals surface area contributed by atoms with Gasteiger partial charge >= 0.3 is 0 Å². The summed E-state index contributed by atoms with van der Waals surface area (Å²) in [7, 11) is 0. The largest absolute Gasteiger partial charge is 0.330 e. The SMILES string of the molecule is CC.Cc1cn(C(C)C)c2ncnc(Cl)c12. The molecule has 0 saturated heterocycles. The third-order valence-corrected chi connectivity index (χ3v) is 2.60. The summed E-state index contributed by atoms with van der Waals surface area (Å²) in [6.07, 6.45) is 3.57. The number of hydrogen-bond donors (Lipinski definition) is 0. The molecule has 4 heteroatoms. The van der Waals surface area contributed by atoms with Crippen LogP contribution >= 0.6 is 11.6 Å². The van der Waals surface area contributed by atoms with Gasteiger partial charge in [0.2, 0.25) is 0 Å². The minimum atomic E-state index is 0.386. The van der Waals surface area contributed by atoms with Crippen LogP contribution in [0.4, 0.5) is 0 Å². The fourth-order valence-corrected chi connectivity index (χ4v) is 1.90. The first-order valence-corrected chi connectivity index (χ1v) is 5.96. The van der Waals surface area contributed by atoms with Gasteiger partial charge in [-0.25, -0.2) is 9.97 Å². The number of aromatic nitrogens is 3. The average molecular weight is 240 g/mol. The summed E-state index contributed by atoms with van der Waals surface area (Å²) in [5.41, 5.74) is 2.04. The molecule has 0 radical (unpaired) electrons. The Bertz CT molecular complexity index is 474. The normalized spacial score (nSPS) is 10.4. The minimum Gasteiger partial charge on any atom is -0.330 e. The van der Waals surface area contributed by atoms with Gasteiger partial charge in [-0.1, -0.05) is 25.4 Å². The molecule has 2 rings (SSSR count). The van der Waals surface area contributed by atoms with Crippen molar-refractivity contribution >= 4 is 22.6 Å². The van der Waals surface area contributed by atoms with Gasteiger partial charge < -0.3 is 4.57 Å². The second-order valence-corrected chi connectivity index (χ2v) is 4.03. The highest BCUT2D eigenvalue weighted by atomic mass is 35.5. The minimum absolute atomic E-state index is 0.386. The van der Waals surface area contributed by atoms with E-state index in [1.54, 1.807) is 0 Å². The highest BCUT2D eigenvalue weighted by molar-refractivity contribution is 6.34. The summed E-state index contributed by atoms with van der Waals surface area (Å²) in [6, 6.07) is 0.386. The van der Waals surface area contributed by atoms with Crippen LogP contribution in [0.2, 0.25) is 5.15 Å². The van der Waals surface area contributed by atoms with Crippen molar-refractivity contribution in [3.63, 3.8) is 0 Å². The zero-order valence-electron chi connectivity index (χ0n) is 10.5. The van der Waals surface area contributed by atoms with E-state index in [1.807, 2.05) is 20.8 Å². The van der Waals surface area contributed by atoms with Gasteiger partial charge in [0.1, 0.15) is 17.1 Å². The average Bonchev–Trinajstić information content (AvgIpc) is 2.61. The summed E-state index contributed by atoms with van der Waals surface area (Å²) < 4.78 is 2.11. The fourth-order valence-electron chi connectivity index (χ4n) is 1.62. The van der Waals surface area contributed by atoms with E-state index in [9.17, 15) is 0 Å². The molecule has 0 amide bonds. The molecule has 16 heavy (non-hydrogen) atoms. The highest BCUT2D eigenvalue weighted by Gasteiger charge is 2.11. The molecule has 88 valence electrons. The van der Waals surface area contributed by atoms with Crippen LogP contribution in [0.15, 0.2) is 12.5 Å². The van der Waals surface area contributed by atoms with Gasteiger partial charge in [-0.05, 0) is 26.3 Å². The third kappa shape index (κ3) is 2.19. The van der Waals surface area contributed by atoms with Gasteiger partial charge in [0, 0.05) is 12.2 Å². The first-order valence-electron chi connectivity index (χ1n) is 5.59. The molecule has 0 N–H and O–H groups in total. The Labute approximate surface area is 101 Å². The van der Waals surface area contributed by atoms with Crippen LogP contribution in [0.1, 0.15) is 39.3 Å². The molecule has 0 bridgehead atoms. The van der Waals surface area contributed by atoms with E-state index in [1.165, 1.54) is 6.33 Å². The van der Waals surface area contributed by atoms with Crippen LogP contribution < -0.4 is 0 Å². The monoisotopic (exact) mass is 239 g/mol. The first-order chi connectivity index (χ1) is 7.61. The van der Waals surface area contributed by atoms with E-state index >= 15 is 0 Å². The molecule has 0 aromatic carbocycles. The van der Waals surface area contributed by atoms with E-state index in [0.29, 0.717) is 11.2 Å². The van der Waals surface area contributed by atoms with Gasteiger partial charge in [-0.15, -0.1) is 0 Å². The lowest BCUT2D eigenvalue weighted by molar-refractivity contribution is 0.616. The van der Waals surface area contributed by atoms with Crippen molar-refractivity contribution < 1.29 is 0 Å². The van der Waals surface area contributed by atoms with Crippen LogP contribution in [0.25, 0.3) is 11.0 Å². The Kier molecular flexibility index (Phi) is 4.30. The van der Waals surface area contributed by atoms with E-state index in [2.05, 4.69) is 34.6 Å². The molecule has 0 aliphatic heterocycles. The van der Waals surface area contributed by atoms with Crippen LogP contribution in [0.5, 0.6) is 0 Å². The molecule has 0 atom stereocenters. The second-order valence-electron chi connectivity index (χ2n) is 3.68. The zero-order valence-corrected chi connectivity index (χ0v) is 11.2. The third-order valence-electron chi connectivity index (χ3n) is 2.31. The first kappa shape index (κ1) is 13.0. The number of nitrogens with zero attached hydrogens (tertiary/aromatic N) is 3. The maximum atomic E-state index is 6.02. The van der Waals surface area contributed by atoms with E-state index in [0.717, 1.165) is 16.6 Å². The summed E-state index contributed by atoms with van der Waals surface area (Å²) in [6.45, 7) is 10.3. The number of aryl methyl sites for hydroxylation is 1. The molecule has 0 spiro atoms. The summed E-state index contributed by atoms with van der Waals surface area (Å²) in [5, 5.41) is 1.50. The predicted molar refractivity (Wildman–Crippen MR) is 69.0 cm³/mol. The lowest BCUT2D eigenvalue weighted by Crippen LogP contribution is -1.99. The van der Waals surface area contributed by atoms with Crippen LogP contribution in [-0.4, -0.2) is 14.5 Å². The smallest absolute Gasteiger partial charge is 0.145 e. The topological polar surface area (TPSA) is 30.7 Å². The predicted octanol–water partition coefficient (Wildman–Crippen LogP) is 4.00. The van der Waals surface area contributed by atoms with Gasteiger partial charge in [-0.2, -0.15) is 0 Å². The van der Waals surface area contributed by atoms with Crippen molar-refractivity contribution in [3.05, 3.63) is 23.2 Å². The van der Waals surface area contributed by atoms with Gasteiger partial charge in [0.05, 0.1) is 5.39 Å². The van der Waals surface area contributed by atoms with E-state index < -0.39 is 0 Å². The Morgan fingerprint density at radius 3 is 2.44 bits per heavy atom. The lowest BCUT2D eigenvalue weighted by Gasteiger charge is -2.07. The Morgan fingerprint density at radius 1 is 1.25 bits per heavy atom. The maximum absolute atomic E-state index is 6.02. The van der Waals surface area contributed by atoms with E-state index in [-0.39, 0.29) is 0 Å². The molecule has 2 aromatic rings. The standard InChI is InChI=1S/C10H12ClN3.C2H6/c1-6(2)14-4-7(3)8-9(11)12-5-13-10(8)14;1-2/h4-6H,1-3H3;1-2H3. The number of fused-ring (bicyclic) bond motifs is 1. The number of halogens is 1. The quantitative estimate of drug-likeness (QED) is 0.705. The Balaban J connectivity index is 0.000000606. The lowest BCUT2D eigenvalue weighted by atomic mass is 10.3. The van der Waals surface area contributed by atoms with Gasteiger partial charge in [0.15, 0.2) is 0 Å². The van der Waals surface area contributed by atoms with Crippen molar-refractivity contribution in [2.45, 2.75) is 40.7 Å². The number of hydrogen-bond acceptors (Lipinski definition) is 2. The summed E-state index contributed by atoms with van der Waals surface area (Å²) in [4.78, 5) is 8.23. The molecule has 3 nitrogen and oxygen atoms in total. The maximum Gasteiger partial charge on any atom is 0.145 e. The molecular formula is C12H18ClN3. The molecule has 2 aromatic heterocycles. The van der Waals surface area contributed by atoms with E-state index in [4.69, 9.17) is 11.6 Å². The van der Waals surface area contributed by atoms with Crippen molar-refractivity contribution in [1.82, 2.24) is 14.5 Å². The fraction of sp³-hybridized carbons (Fsp3) is 0.500. The van der Waals surface area contributed by atoms with Crippen molar-refractivity contribution in [2.75, 3.05) is 0 Å². The van der Waals surface area contributed by atoms with Crippen molar-refractivity contribution in [3.8, 4) is 0 Å². The highest BCUT2D eigenvalue weighted by Crippen LogP contribution is 2.26. The molecule has 0 unspecified atom stereocenters. The molecule has 0 saturated carbocycles. The summed E-state index contributed by atoms with van der Waals surface area (Å²) >= 11 is 6.02. The molecular weight excluding hydrogens is 222 g/mol. The Hall–Kier alpha value is -1.09. The molecule has 2 heterocycles. The van der Waals surface area contributed by atoms with Crippen LogP contribution in [-0.2, 0) is 0 Å². The Morgan fingerprint density at radius 2 is 1.88 bits per heavy atom. The van der Waals surface area contributed by atoms with Crippen LogP contribution in [0, 0.1) is 6.92 Å². The van der Waals surface area contributed by atoms with Gasteiger partial charge in [0.25, 0.3) is 0 Å². The zero-order chi connectivity index (χ0) is 12.3. The van der Waals surface area contributed by atoms with Crippen LogP contribution in [0.3, 0.4) is 0 Å². The van der Waals surface area contributed by atoms with Gasteiger partial charge in [-0.3, -0.25) is 0 Å². The second kappa shape index (κ2) is 5.30. The molecule has 0 aliphatic carbocycles.